The molecule has 172 valence electrons. The van der Waals surface area contributed by atoms with Crippen LogP contribution >= 0.6 is 22.9 Å². The van der Waals surface area contributed by atoms with Gasteiger partial charge < -0.3 is 16.0 Å². The van der Waals surface area contributed by atoms with Crippen molar-refractivity contribution in [3.63, 3.8) is 0 Å². The van der Waals surface area contributed by atoms with Gasteiger partial charge in [0.25, 0.3) is 5.91 Å². The van der Waals surface area contributed by atoms with Gasteiger partial charge in [-0.05, 0) is 63.5 Å². The van der Waals surface area contributed by atoms with Crippen LogP contribution in [0.25, 0.3) is 10.4 Å². The molecule has 1 aliphatic heterocycles. The highest BCUT2D eigenvalue weighted by Gasteiger charge is 2.24. The summed E-state index contributed by atoms with van der Waals surface area (Å²) >= 11 is 7.45. The molecule has 0 spiro atoms. The number of aromatic nitrogens is 2. The third-order valence-electron chi connectivity index (χ3n) is 6.13. The summed E-state index contributed by atoms with van der Waals surface area (Å²) < 4.78 is 0. The van der Waals surface area contributed by atoms with Crippen LogP contribution in [0.15, 0.2) is 36.7 Å². The Hall–Kier alpha value is -2.81. The zero-order chi connectivity index (χ0) is 23.5. The van der Waals surface area contributed by atoms with Crippen molar-refractivity contribution in [2.24, 2.45) is 0 Å². The Bertz CT molecular complexity index is 1180. The van der Waals surface area contributed by atoms with Crippen LogP contribution in [-0.2, 0) is 0 Å². The first kappa shape index (κ1) is 23.4. The minimum Gasteiger partial charge on any atom is -0.398 e. The topological polar surface area (TPSA) is 108 Å². The van der Waals surface area contributed by atoms with E-state index in [9.17, 15) is 4.79 Å². The number of rotatable bonds is 7. The zero-order valence-corrected chi connectivity index (χ0v) is 20.3. The quantitative estimate of drug-likeness (QED) is 0.342. The van der Waals surface area contributed by atoms with E-state index in [1.54, 1.807) is 24.5 Å². The van der Waals surface area contributed by atoms with Crippen molar-refractivity contribution in [2.75, 3.05) is 25.9 Å². The summed E-state index contributed by atoms with van der Waals surface area (Å²) in [5.41, 5.74) is 9.19. The van der Waals surface area contributed by atoms with Crippen LogP contribution in [-0.4, -0.2) is 52.7 Å². The van der Waals surface area contributed by atoms with E-state index < -0.39 is 0 Å². The van der Waals surface area contributed by atoms with E-state index in [1.807, 2.05) is 19.1 Å². The van der Waals surface area contributed by atoms with Crippen molar-refractivity contribution in [3.8, 4) is 10.4 Å². The monoisotopic (exact) mass is 482 g/mol. The minimum absolute atomic E-state index is 0.161. The fourth-order valence-corrected chi connectivity index (χ4v) is 5.27. The Labute approximate surface area is 202 Å². The van der Waals surface area contributed by atoms with Crippen molar-refractivity contribution >= 4 is 40.2 Å². The Balaban J connectivity index is 1.61. The largest absolute Gasteiger partial charge is 0.398 e. The number of nitrogen functional groups attached to an aromatic ring is 1. The fourth-order valence-electron chi connectivity index (χ4n) is 4.09. The predicted molar refractivity (Wildman–Crippen MR) is 134 cm³/mol. The highest BCUT2D eigenvalue weighted by atomic mass is 35.5. The van der Waals surface area contributed by atoms with E-state index in [2.05, 4.69) is 27.2 Å². The minimum atomic E-state index is -0.245. The average molecular weight is 483 g/mol. The number of carbonyl (C=O) groups excluding carboxylic acids is 1. The van der Waals surface area contributed by atoms with Gasteiger partial charge in [-0.15, -0.1) is 11.3 Å². The van der Waals surface area contributed by atoms with Gasteiger partial charge in [-0.3, -0.25) is 15.2 Å². The SMILES string of the molecule is Cc1c(Cl)ccc(C(=N)c2nc(C(=O)NCCC3CCCN3C)c(-c3cccnc3)s2)c1N. The molecule has 1 saturated heterocycles. The maximum Gasteiger partial charge on any atom is 0.271 e. The number of anilines is 1. The van der Waals surface area contributed by atoms with Crippen LogP contribution in [0.5, 0.6) is 0 Å². The lowest BCUT2D eigenvalue weighted by molar-refractivity contribution is 0.0946. The van der Waals surface area contributed by atoms with Crippen molar-refractivity contribution in [1.29, 1.82) is 5.41 Å². The molecule has 3 aromatic rings. The molecule has 1 amide bonds. The summed E-state index contributed by atoms with van der Waals surface area (Å²) in [6, 6.07) is 7.64. The lowest BCUT2D eigenvalue weighted by Gasteiger charge is -2.19. The molecule has 1 atom stereocenters. The maximum absolute atomic E-state index is 13.1. The molecule has 33 heavy (non-hydrogen) atoms. The molecule has 1 aromatic carbocycles. The van der Waals surface area contributed by atoms with Gasteiger partial charge in [0.1, 0.15) is 10.7 Å². The standard InChI is InChI=1S/C24H27ClN6OS/c1-14-18(25)8-7-17(19(14)26)20(27)24-30-21(22(33-24)15-5-3-10-28-13-15)23(32)29-11-9-16-6-4-12-31(16)2/h3,5,7-8,10,13,16,27H,4,6,9,11-12,26H2,1-2H3,(H,29,32). The third kappa shape index (κ3) is 4.93. The van der Waals surface area contributed by atoms with Crippen molar-refractivity contribution < 1.29 is 4.79 Å². The van der Waals surface area contributed by atoms with Crippen LogP contribution < -0.4 is 11.1 Å². The Morgan fingerprint density at radius 1 is 1.39 bits per heavy atom. The van der Waals surface area contributed by atoms with Crippen LogP contribution in [0.4, 0.5) is 5.69 Å². The first-order valence-electron chi connectivity index (χ1n) is 10.9. The highest BCUT2D eigenvalue weighted by Crippen LogP contribution is 2.33. The van der Waals surface area contributed by atoms with E-state index in [-0.39, 0.29) is 11.6 Å². The summed E-state index contributed by atoms with van der Waals surface area (Å²) in [7, 11) is 2.13. The smallest absolute Gasteiger partial charge is 0.271 e. The van der Waals surface area contributed by atoms with Gasteiger partial charge in [0.2, 0.25) is 0 Å². The van der Waals surface area contributed by atoms with Crippen LogP contribution in [0.3, 0.4) is 0 Å². The predicted octanol–water partition coefficient (Wildman–Crippen LogP) is 4.38. The summed E-state index contributed by atoms with van der Waals surface area (Å²) in [6.45, 7) is 3.50. The lowest BCUT2D eigenvalue weighted by atomic mass is 10.0. The number of halogens is 1. The van der Waals surface area contributed by atoms with E-state index in [0.29, 0.717) is 44.4 Å². The van der Waals surface area contributed by atoms with E-state index in [0.717, 1.165) is 30.5 Å². The Kier molecular flexibility index (Phi) is 7.07. The molecule has 1 aliphatic rings. The molecule has 3 heterocycles. The lowest BCUT2D eigenvalue weighted by Crippen LogP contribution is -2.32. The molecule has 9 heteroatoms. The van der Waals surface area contributed by atoms with Gasteiger partial charge in [0.15, 0.2) is 0 Å². The number of nitrogens with zero attached hydrogens (tertiary/aromatic N) is 3. The van der Waals surface area contributed by atoms with Gasteiger partial charge in [-0.25, -0.2) is 4.98 Å². The van der Waals surface area contributed by atoms with E-state index in [4.69, 9.17) is 22.7 Å². The molecule has 1 unspecified atom stereocenters. The molecule has 0 aliphatic carbocycles. The Morgan fingerprint density at radius 2 is 2.21 bits per heavy atom. The molecular weight excluding hydrogens is 456 g/mol. The second-order valence-electron chi connectivity index (χ2n) is 8.27. The van der Waals surface area contributed by atoms with Crippen molar-refractivity contribution in [2.45, 2.75) is 32.2 Å². The van der Waals surface area contributed by atoms with Crippen molar-refractivity contribution in [3.05, 3.63) is 63.5 Å². The molecule has 4 rings (SSSR count). The molecule has 0 saturated carbocycles. The number of nitrogens with two attached hydrogens (primary N) is 1. The number of hydrogen-bond donors (Lipinski definition) is 3. The molecule has 4 N–H and O–H groups in total. The highest BCUT2D eigenvalue weighted by molar-refractivity contribution is 7.17. The molecule has 0 radical (unpaired) electrons. The maximum atomic E-state index is 13.1. The normalized spacial score (nSPS) is 16.2. The number of hydrogen-bond acceptors (Lipinski definition) is 7. The number of pyridine rings is 1. The second-order valence-corrected chi connectivity index (χ2v) is 9.67. The molecule has 0 bridgehead atoms. The van der Waals surface area contributed by atoms with Crippen LogP contribution in [0.2, 0.25) is 5.02 Å². The van der Waals surface area contributed by atoms with Gasteiger partial charge in [0.05, 0.1) is 10.6 Å². The van der Waals surface area contributed by atoms with Crippen LogP contribution in [0.1, 0.15) is 45.9 Å². The number of amides is 1. The van der Waals surface area contributed by atoms with Gasteiger partial charge in [-0.1, -0.05) is 17.7 Å². The second kappa shape index (κ2) is 9.99. The number of benzene rings is 1. The average Bonchev–Trinajstić information content (AvgIpc) is 3.44. The summed E-state index contributed by atoms with van der Waals surface area (Å²) in [5.74, 6) is -0.245. The molecule has 2 aromatic heterocycles. The number of likely N-dealkylation sites (tertiary alicyclic amines) is 1. The van der Waals surface area contributed by atoms with E-state index >= 15 is 0 Å². The fraction of sp³-hybridized carbons (Fsp3) is 0.333. The van der Waals surface area contributed by atoms with Gasteiger partial charge >= 0.3 is 0 Å². The number of thiazole rings is 1. The summed E-state index contributed by atoms with van der Waals surface area (Å²) in [6.07, 6.45) is 6.64. The zero-order valence-electron chi connectivity index (χ0n) is 18.7. The third-order valence-corrected chi connectivity index (χ3v) is 7.66. The summed E-state index contributed by atoms with van der Waals surface area (Å²) in [5, 5.41) is 12.7. The van der Waals surface area contributed by atoms with Crippen LogP contribution in [0, 0.1) is 12.3 Å². The van der Waals surface area contributed by atoms with Gasteiger partial charge in [0, 0.05) is 46.8 Å². The van der Waals surface area contributed by atoms with E-state index in [1.165, 1.54) is 17.8 Å². The first-order chi connectivity index (χ1) is 15.9. The van der Waals surface area contributed by atoms with Gasteiger partial charge in [-0.2, -0.15) is 0 Å². The first-order valence-corrected chi connectivity index (χ1v) is 12.1. The molecule has 7 nitrogen and oxygen atoms in total. The number of carbonyl (C=O) groups is 1. The molecular formula is C24H27ClN6OS. The molecule has 1 fully saturated rings. The Morgan fingerprint density at radius 3 is 2.91 bits per heavy atom. The summed E-state index contributed by atoms with van der Waals surface area (Å²) in [4.78, 5) is 24.9. The number of nitrogens with one attached hydrogen (secondary N) is 2. The van der Waals surface area contributed by atoms with Crippen molar-refractivity contribution in [1.82, 2.24) is 20.2 Å².